The number of esters is 1. The average Bonchev–Trinajstić information content (AvgIpc) is 2.82. The molecule has 8 heteroatoms. The maximum Gasteiger partial charge on any atom is 0.340 e. The topological polar surface area (TPSA) is 98.8 Å². The van der Waals surface area contributed by atoms with Gasteiger partial charge in [-0.2, -0.15) is 0 Å². The second kappa shape index (κ2) is 9.26. The van der Waals surface area contributed by atoms with Crippen LogP contribution in [0.1, 0.15) is 49.1 Å². The smallest absolute Gasteiger partial charge is 0.340 e. The maximum atomic E-state index is 12.9. The van der Waals surface area contributed by atoms with Crippen LogP contribution in [0.2, 0.25) is 5.02 Å². The summed E-state index contributed by atoms with van der Waals surface area (Å²) in [5.74, 6) is -1.79. The first-order chi connectivity index (χ1) is 15.9. The van der Waals surface area contributed by atoms with E-state index in [4.69, 9.17) is 21.1 Å². The highest BCUT2D eigenvalue weighted by Crippen LogP contribution is 2.34. The van der Waals surface area contributed by atoms with Gasteiger partial charge < -0.3 is 14.8 Å². The molecule has 166 valence electrons. The highest BCUT2D eigenvalue weighted by atomic mass is 35.5. The molecule has 0 bridgehead atoms. The predicted octanol–water partition coefficient (Wildman–Crippen LogP) is 4.31. The Balaban J connectivity index is 1.50. The van der Waals surface area contributed by atoms with Crippen molar-refractivity contribution < 1.29 is 28.7 Å². The van der Waals surface area contributed by atoms with Gasteiger partial charge in [0.15, 0.2) is 18.2 Å². The van der Waals surface area contributed by atoms with Gasteiger partial charge in [-0.25, -0.2) is 4.79 Å². The molecule has 0 spiro atoms. The van der Waals surface area contributed by atoms with Crippen LogP contribution >= 0.6 is 11.6 Å². The molecule has 3 aromatic rings. The second-order valence-electron chi connectivity index (χ2n) is 7.11. The number of nitrogens with one attached hydrogen (secondary N) is 1. The van der Waals surface area contributed by atoms with Crippen molar-refractivity contribution in [1.29, 1.82) is 0 Å². The molecule has 0 aromatic heterocycles. The summed E-state index contributed by atoms with van der Waals surface area (Å²) < 4.78 is 10.5. The van der Waals surface area contributed by atoms with Gasteiger partial charge in [0.1, 0.15) is 5.75 Å². The minimum absolute atomic E-state index is 0.0510. The number of fused-ring (bicyclic) bond motifs is 2. The summed E-state index contributed by atoms with van der Waals surface area (Å²) in [4.78, 5) is 50.6. The first kappa shape index (κ1) is 22.2. The number of para-hydroxylation sites is 2. The van der Waals surface area contributed by atoms with Gasteiger partial charge in [-0.1, -0.05) is 48.0 Å². The Morgan fingerprint density at radius 1 is 0.879 bits per heavy atom. The molecular formula is C25H18ClNO6. The molecule has 0 heterocycles. The minimum Gasteiger partial charge on any atom is -0.492 e. The summed E-state index contributed by atoms with van der Waals surface area (Å²) in [5.41, 5.74) is 0.893. The van der Waals surface area contributed by atoms with Crippen molar-refractivity contribution in [2.24, 2.45) is 0 Å². The molecule has 4 rings (SSSR count). The van der Waals surface area contributed by atoms with Crippen molar-refractivity contribution in [3.8, 4) is 5.75 Å². The molecule has 1 N–H and O–H groups in total. The number of anilines is 1. The van der Waals surface area contributed by atoms with Crippen molar-refractivity contribution in [3.05, 3.63) is 93.5 Å². The third kappa shape index (κ3) is 4.23. The fourth-order valence-electron chi connectivity index (χ4n) is 3.55. The van der Waals surface area contributed by atoms with Gasteiger partial charge in [0.25, 0.3) is 5.91 Å². The lowest BCUT2D eigenvalue weighted by Crippen LogP contribution is -2.24. The molecule has 1 amide bonds. The molecule has 0 fully saturated rings. The van der Waals surface area contributed by atoms with Crippen LogP contribution in [0, 0.1) is 0 Å². The summed E-state index contributed by atoms with van der Waals surface area (Å²) in [7, 11) is 0. The number of amides is 1. The van der Waals surface area contributed by atoms with Crippen LogP contribution in [0.5, 0.6) is 5.75 Å². The number of ether oxygens (including phenoxy) is 2. The highest BCUT2D eigenvalue weighted by molar-refractivity contribution is 6.41. The lowest BCUT2D eigenvalue weighted by Gasteiger charge is -2.19. The van der Waals surface area contributed by atoms with Gasteiger partial charge in [-0.15, -0.1) is 0 Å². The number of hydrogen-bond acceptors (Lipinski definition) is 6. The molecule has 0 saturated heterocycles. The number of rotatable bonds is 6. The number of carbonyl (C=O) groups is 4. The zero-order valence-electron chi connectivity index (χ0n) is 17.5. The van der Waals surface area contributed by atoms with E-state index in [-0.39, 0.29) is 38.6 Å². The van der Waals surface area contributed by atoms with Crippen LogP contribution in [-0.4, -0.2) is 36.7 Å². The van der Waals surface area contributed by atoms with Gasteiger partial charge in [-0.05, 0) is 31.2 Å². The quantitative estimate of drug-likeness (QED) is 0.428. The van der Waals surface area contributed by atoms with Crippen molar-refractivity contribution >= 4 is 40.7 Å². The monoisotopic (exact) mass is 463 g/mol. The van der Waals surface area contributed by atoms with Crippen LogP contribution in [0.3, 0.4) is 0 Å². The molecule has 1 aliphatic carbocycles. The molecule has 0 atom stereocenters. The van der Waals surface area contributed by atoms with Crippen LogP contribution in [0.15, 0.2) is 60.7 Å². The first-order valence-electron chi connectivity index (χ1n) is 10.1. The Morgan fingerprint density at radius 3 is 2.27 bits per heavy atom. The van der Waals surface area contributed by atoms with Crippen molar-refractivity contribution in [3.63, 3.8) is 0 Å². The fraction of sp³-hybridized carbons (Fsp3) is 0.120. The molecular weight excluding hydrogens is 446 g/mol. The standard InChI is InChI=1S/C25H18ClNO6/c1-2-32-19-10-6-5-9-18(19)27-20(28)13-33-25(31)17-12-11-16-21(22(17)26)24(30)15-8-4-3-7-14(15)23(16)29/h3-12H,2,13H2,1H3,(H,27,28). The number of carbonyl (C=O) groups excluding carboxylic acids is 4. The van der Waals surface area contributed by atoms with Crippen LogP contribution in [-0.2, 0) is 9.53 Å². The Hall–Kier alpha value is -3.97. The van der Waals surface area contributed by atoms with Crippen LogP contribution in [0.25, 0.3) is 0 Å². The van der Waals surface area contributed by atoms with Gasteiger partial charge in [0.05, 0.1) is 28.4 Å². The number of benzene rings is 3. The highest BCUT2D eigenvalue weighted by Gasteiger charge is 2.33. The van der Waals surface area contributed by atoms with E-state index < -0.39 is 24.3 Å². The largest absolute Gasteiger partial charge is 0.492 e. The molecule has 0 aliphatic heterocycles. The molecule has 33 heavy (non-hydrogen) atoms. The van der Waals surface area contributed by atoms with Crippen molar-refractivity contribution in [2.45, 2.75) is 6.92 Å². The Morgan fingerprint density at radius 2 is 1.55 bits per heavy atom. The maximum absolute atomic E-state index is 12.9. The van der Waals surface area contributed by atoms with E-state index in [2.05, 4.69) is 5.32 Å². The van der Waals surface area contributed by atoms with Gasteiger partial charge >= 0.3 is 5.97 Å². The molecule has 7 nitrogen and oxygen atoms in total. The van der Waals surface area contributed by atoms with E-state index in [1.807, 2.05) is 6.92 Å². The molecule has 1 aliphatic rings. The lowest BCUT2D eigenvalue weighted by molar-refractivity contribution is -0.119. The van der Waals surface area contributed by atoms with Crippen molar-refractivity contribution in [2.75, 3.05) is 18.5 Å². The third-order valence-electron chi connectivity index (χ3n) is 5.05. The predicted molar refractivity (Wildman–Crippen MR) is 121 cm³/mol. The number of halogens is 1. The summed E-state index contributed by atoms with van der Waals surface area (Å²) in [6.45, 7) is 1.66. The van der Waals surface area contributed by atoms with E-state index in [0.29, 0.717) is 18.0 Å². The van der Waals surface area contributed by atoms with Gasteiger partial charge in [0.2, 0.25) is 0 Å². The average molecular weight is 464 g/mol. The van der Waals surface area contributed by atoms with Gasteiger partial charge in [-0.3, -0.25) is 14.4 Å². The number of ketones is 2. The SMILES string of the molecule is CCOc1ccccc1NC(=O)COC(=O)c1ccc2c(c1Cl)C(=O)c1ccccc1C2=O. The Kier molecular flexibility index (Phi) is 6.24. The minimum atomic E-state index is -0.893. The Labute approximate surface area is 194 Å². The first-order valence-corrected chi connectivity index (χ1v) is 10.5. The second-order valence-corrected chi connectivity index (χ2v) is 7.48. The summed E-state index contributed by atoms with van der Waals surface area (Å²) in [6, 6.07) is 15.9. The molecule has 0 saturated carbocycles. The van der Waals surface area contributed by atoms with E-state index in [1.54, 1.807) is 42.5 Å². The number of hydrogen-bond donors (Lipinski definition) is 1. The zero-order chi connectivity index (χ0) is 23.5. The van der Waals surface area contributed by atoms with E-state index in [0.717, 1.165) is 0 Å². The summed E-state index contributed by atoms with van der Waals surface area (Å²) in [6.07, 6.45) is 0. The van der Waals surface area contributed by atoms with E-state index in [9.17, 15) is 19.2 Å². The Bertz CT molecular complexity index is 1300. The molecule has 3 aromatic carbocycles. The van der Waals surface area contributed by atoms with Gasteiger partial charge in [0, 0.05) is 16.7 Å². The lowest BCUT2D eigenvalue weighted by atomic mass is 9.83. The van der Waals surface area contributed by atoms with Crippen LogP contribution < -0.4 is 10.1 Å². The molecule has 0 unspecified atom stereocenters. The summed E-state index contributed by atoms with van der Waals surface area (Å²) >= 11 is 6.36. The van der Waals surface area contributed by atoms with Crippen LogP contribution in [0.4, 0.5) is 5.69 Å². The van der Waals surface area contributed by atoms with E-state index >= 15 is 0 Å². The van der Waals surface area contributed by atoms with E-state index in [1.165, 1.54) is 18.2 Å². The zero-order valence-corrected chi connectivity index (χ0v) is 18.3. The molecule has 0 radical (unpaired) electrons. The summed E-state index contributed by atoms with van der Waals surface area (Å²) in [5, 5.41) is 2.43. The normalized spacial score (nSPS) is 11.9. The fourth-order valence-corrected chi connectivity index (χ4v) is 3.88. The van der Waals surface area contributed by atoms with Crippen molar-refractivity contribution in [1.82, 2.24) is 0 Å². The third-order valence-corrected chi connectivity index (χ3v) is 5.44.